The Morgan fingerprint density at radius 1 is 1.29 bits per heavy atom. The van der Waals surface area contributed by atoms with Gasteiger partial charge in [0.15, 0.2) is 0 Å². The maximum atomic E-state index is 10.8. The zero-order valence-electron chi connectivity index (χ0n) is 15.0. The number of hydrogen-bond acceptors (Lipinski definition) is 5. The van der Waals surface area contributed by atoms with Crippen LogP contribution in [0.1, 0.15) is 51.6 Å². The van der Waals surface area contributed by atoms with Crippen molar-refractivity contribution in [1.82, 2.24) is 10.3 Å². The van der Waals surface area contributed by atoms with Crippen LogP contribution in [0.2, 0.25) is 0 Å². The van der Waals surface area contributed by atoms with Gasteiger partial charge in [-0.05, 0) is 37.9 Å². The molecule has 0 fully saturated rings. The predicted octanol–water partition coefficient (Wildman–Crippen LogP) is 2.58. The normalized spacial score (nSPS) is 11.5. The fourth-order valence-electron chi connectivity index (χ4n) is 1.87. The van der Waals surface area contributed by atoms with Crippen LogP contribution < -0.4 is 11.1 Å². The highest BCUT2D eigenvalue weighted by Crippen LogP contribution is 1.99. The summed E-state index contributed by atoms with van der Waals surface area (Å²) in [6.07, 6.45) is 6.57. The number of nitrogens with zero attached hydrogens (tertiary/aromatic N) is 1. The van der Waals surface area contributed by atoms with E-state index in [1.807, 2.05) is 25.1 Å². The molecule has 1 aromatic heterocycles. The Morgan fingerprint density at radius 2 is 2.04 bits per heavy atom. The maximum Gasteiger partial charge on any atom is 0.320 e. The molecule has 1 aromatic rings. The highest BCUT2D eigenvalue weighted by atomic mass is 16.5. The van der Waals surface area contributed by atoms with Crippen LogP contribution in [-0.2, 0) is 16.1 Å². The highest BCUT2D eigenvalue weighted by molar-refractivity contribution is 5.73. The van der Waals surface area contributed by atoms with E-state index in [2.05, 4.69) is 17.2 Å². The smallest absolute Gasteiger partial charge is 0.320 e. The molecule has 6 heteroatoms. The number of carbonyl (C=O) groups is 1. The lowest BCUT2D eigenvalue weighted by molar-refractivity contribution is -0.139. The molecule has 0 bridgehead atoms. The Labute approximate surface area is 145 Å². The van der Waals surface area contributed by atoms with Gasteiger partial charge in [-0.15, -0.1) is 0 Å². The van der Waals surface area contributed by atoms with Gasteiger partial charge in [0.05, 0.1) is 5.69 Å². The van der Waals surface area contributed by atoms with Crippen LogP contribution in [0.4, 0.5) is 0 Å². The Morgan fingerprint density at radius 3 is 2.58 bits per heavy atom. The molecule has 0 spiro atoms. The van der Waals surface area contributed by atoms with Gasteiger partial charge in [0.1, 0.15) is 6.04 Å². The number of carboxylic acid groups (broad SMARTS) is 1. The zero-order chi connectivity index (χ0) is 18.0. The van der Waals surface area contributed by atoms with Gasteiger partial charge < -0.3 is 15.6 Å². The third-order valence-electron chi connectivity index (χ3n) is 3.27. The van der Waals surface area contributed by atoms with Crippen LogP contribution in [0.5, 0.6) is 0 Å². The molecule has 1 atom stereocenters. The first-order valence-electron chi connectivity index (χ1n) is 8.79. The van der Waals surface area contributed by atoms with Crippen molar-refractivity contribution < 1.29 is 14.6 Å². The van der Waals surface area contributed by atoms with E-state index in [4.69, 9.17) is 15.6 Å². The molecule has 0 amide bonds. The third-order valence-corrected chi connectivity index (χ3v) is 3.27. The first-order chi connectivity index (χ1) is 11.7. The van der Waals surface area contributed by atoms with Crippen LogP contribution in [0.15, 0.2) is 24.4 Å². The minimum atomic E-state index is -0.798. The molecule has 1 heterocycles. The molecule has 1 rings (SSSR count). The van der Waals surface area contributed by atoms with E-state index in [1.165, 1.54) is 12.8 Å². The number of carboxylic acids is 1. The van der Waals surface area contributed by atoms with E-state index in [9.17, 15) is 4.79 Å². The molecular formula is C18H33N3O3. The summed E-state index contributed by atoms with van der Waals surface area (Å²) >= 11 is 0. The summed E-state index contributed by atoms with van der Waals surface area (Å²) < 4.78 is 5.23. The molecule has 6 nitrogen and oxygen atoms in total. The van der Waals surface area contributed by atoms with Crippen molar-refractivity contribution in [1.29, 1.82) is 0 Å². The second kappa shape index (κ2) is 16.4. The van der Waals surface area contributed by atoms with Gasteiger partial charge in [-0.2, -0.15) is 0 Å². The molecule has 1 unspecified atom stereocenters. The third kappa shape index (κ3) is 13.0. The molecule has 24 heavy (non-hydrogen) atoms. The summed E-state index contributed by atoms with van der Waals surface area (Å²) in [7, 11) is 0. The molecule has 0 saturated heterocycles. The van der Waals surface area contributed by atoms with Gasteiger partial charge in [-0.1, -0.05) is 32.8 Å². The first kappa shape index (κ1) is 22.5. The summed E-state index contributed by atoms with van der Waals surface area (Å²) in [5.74, 6) is -0.798. The highest BCUT2D eigenvalue weighted by Gasteiger charge is 2.14. The molecule has 138 valence electrons. The van der Waals surface area contributed by atoms with E-state index < -0.39 is 12.0 Å². The quantitative estimate of drug-likeness (QED) is 0.506. The van der Waals surface area contributed by atoms with Crippen molar-refractivity contribution >= 4 is 5.97 Å². The molecule has 0 aliphatic heterocycles. The minimum Gasteiger partial charge on any atom is -0.480 e. The van der Waals surface area contributed by atoms with E-state index in [0.717, 1.165) is 38.3 Å². The van der Waals surface area contributed by atoms with E-state index in [0.29, 0.717) is 13.0 Å². The lowest BCUT2D eigenvalue weighted by Gasteiger charge is -2.12. The number of ether oxygens (including phenoxy) is 1. The second-order valence-electron chi connectivity index (χ2n) is 5.49. The van der Waals surface area contributed by atoms with Crippen LogP contribution in [0, 0.1) is 0 Å². The van der Waals surface area contributed by atoms with Gasteiger partial charge >= 0.3 is 5.97 Å². The standard InChI is InChI=1S/C11H16N2O2.C7H17NO/c1-2-5-10(11(14)15)13-8-9-6-3-4-7-12-9;1-2-3-6-9-7-4-5-8/h3-4,6-7,10,13H,2,5,8H2,1H3,(H,14,15);2-8H2,1H3. The lowest BCUT2D eigenvalue weighted by atomic mass is 10.1. The summed E-state index contributed by atoms with van der Waals surface area (Å²) in [5.41, 5.74) is 6.12. The van der Waals surface area contributed by atoms with Gasteiger partial charge in [-0.25, -0.2) is 0 Å². The van der Waals surface area contributed by atoms with Gasteiger partial charge in [-0.3, -0.25) is 15.1 Å². The van der Waals surface area contributed by atoms with Crippen molar-refractivity contribution in [3.63, 3.8) is 0 Å². The monoisotopic (exact) mass is 339 g/mol. The molecule has 0 aromatic carbocycles. The lowest BCUT2D eigenvalue weighted by Crippen LogP contribution is -2.36. The molecule has 0 aliphatic carbocycles. The molecule has 0 saturated carbocycles. The van der Waals surface area contributed by atoms with Gasteiger partial charge in [0, 0.05) is 26.0 Å². The largest absolute Gasteiger partial charge is 0.480 e. The summed E-state index contributed by atoms with van der Waals surface area (Å²) in [5, 5.41) is 11.9. The maximum absolute atomic E-state index is 10.8. The molecule has 0 aliphatic rings. The number of unbranched alkanes of at least 4 members (excludes halogenated alkanes) is 1. The summed E-state index contributed by atoms with van der Waals surface area (Å²) in [6.45, 7) is 7.10. The first-order valence-corrected chi connectivity index (χ1v) is 8.79. The number of pyridine rings is 1. The van der Waals surface area contributed by atoms with Crippen LogP contribution in [-0.4, -0.2) is 41.9 Å². The number of nitrogens with two attached hydrogens (primary N) is 1. The SMILES string of the molecule is CCCC(NCc1ccccn1)C(=O)O.CCCCOCCCN. The Balaban J connectivity index is 0.000000506. The van der Waals surface area contributed by atoms with Crippen molar-refractivity contribution in [3.8, 4) is 0 Å². The topological polar surface area (TPSA) is 97.5 Å². The van der Waals surface area contributed by atoms with Crippen molar-refractivity contribution in [2.75, 3.05) is 19.8 Å². The van der Waals surface area contributed by atoms with Crippen LogP contribution in [0.25, 0.3) is 0 Å². The van der Waals surface area contributed by atoms with Crippen molar-refractivity contribution in [2.45, 2.75) is 58.5 Å². The number of nitrogens with one attached hydrogen (secondary N) is 1. The van der Waals surface area contributed by atoms with Gasteiger partial charge in [0.25, 0.3) is 0 Å². The van der Waals surface area contributed by atoms with Crippen molar-refractivity contribution in [2.24, 2.45) is 5.73 Å². The Bertz CT molecular complexity index is 396. The van der Waals surface area contributed by atoms with Crippen LogP contribution in [0.3, 0.4) is 0 Å². The second-order valence-corrected chi connectivity index (χ2v) is 5.49. The van der Waals surface area contributed by atoms with E-state index in [1.54, 1.807) is 6.20 Å². The minimum absolute atomic E-state index is 0.475. The Hall–Kier alpha value is -1.50. The summed E-state index contributed by atoms with van der Waals surface area (Å²) in [6, 6.07) is 5.12. The Kier molecular flexibility index (Phi) is 15.3. The van der Waals surface area contributed by atoms with E-state index in [-0.39, 0.29) is 0 Å². The number of aromatic nitrogens is 1. The average Bonchev–Trinajstić information content (AvgIpc) is 2.60. The van der Waals surface area contributed by atoms with Crippen LogP contribution >= 0.6 is 0 Å². The summed E-state index contributed by atoms with van der Waals surface area (Å²) in [4.78, 5) is 14.9. The molecular weight excluding hydrogens is 306 g/mol. The number of aliphatic carboxylic acids is 1. The number of rotatable bonds is 12. The number of hydrogen-bond donors (Lipinski definition) is 3. The molecule has 4 N–H and O–H groups in total. The molecule has 0 radical (unpaired) electrons. The van der Waals surface area contributed by atoms with E-state index >= 15 is 0 Å². The predicted molar refractivity (Wildman–Crippen MR) is 96.8 cm³/mol. The average molecular weight is 339 g/mol. The fraction of sp³-hybridized carbons (Fsp3) is 0.667. The van der Waals surface area contributed by atoms with Crippen molar-refractivity contribution in [3.05, 3.63) is 30.1 Å². The zero-order valence-corrected chi connectivity index (χ0v) is 15.0. The fourth-order valence-corrected chi connectivity index (χ4v) is 1.87. The van der Waals surface area contributed by atoms with Gasteiger partial charge in [0.2, 0.25) is 0 Å².